The van der Waals surface area contributed by atoms with Gasteiger partial charge in [-0.15, -0.1) is 0 Å². The second kappa shape index (κ2) is 3.87. The van der Waals surface area contributed by atoms with Crippen LogP contribution in [0.5, 0.6) is 0 Å². The number of rotatable bonds is 0. The summed E-state index contributed by atoms with van der Waals surface area (Å²) in [6.45, 7) is 0. The van der Waals surface area contributed by atoms with E-state index in [1.54, 1.807) is 0 Å². The van der Waals surface area contributed by atoms with Crippen LogP contribution in [0.1, 0.15) is 22.6 Å². The fourth-order valence-corrected chi connectivity index (χ4v) is 2.08. The van der Waals surface area contributed by atoms with Crippen molar-refractivity contribution in [2.75, 3.05) is 0 Å². The summed E-state index contributed by atoms with van der Waals surface area (Å²) >= 11 is 0. The largest absolute Gasteiger partial charge is 0.0893 e. The van der Waals surface area contributed by atoms with E-state index in [1.165, 1.54) is 11.1 Å². The maximum atomic E-state index is 3.34. The molecule has 76 valence electrons. The third-order valence-corrected chi connectivity index (χ3v) is 3.02. The second-order valence-electron chi connectivity index (χ2n) is 4.09. The van der Waals surface area contributed by atoms with Crippen LogP contribution < -0.4 is 0 Å². The molecule has 0 aromatic heterocycles. The highest BCUT2D eigenvalue weighted by molar-refractivity contribution is 5.47. The summed E-state index contributed by atoms with van der Waals surface area (Å²) in [5, 5.41) is 0. The van der Waals surface area contributed by atoms with Gasteiger partial charge in [-0.05, 0) is 29.7 Å². The van der Waals surface area contributed by atoms with E-state index in [9.17, 15) is 0 Å². The Bertz CT molecular complexity index is 555. The first-order valence-electron chi connectivity index (χ1n) is 5.58. The molecule has 1 atom stereocenters. The van der Waals surface area contributed by atoms with Crippen molar-refractivity contribution in [1.29, 1.82) is 0 Å². The normalized spacial score (nSPS) is 16.6. The smallest absolute Gasteiger partial charge is 0.0499 e. The maximum Gasteiger partial charge on any atom is 0.0499 e. The third-order valence-electron chi connectivity index (χ3n) is 3.02. The molecular weight excluding hydrogens is 192 g/mol. The molecule has 0 heterocycles. The van der Waals surface area contributed by atoms with E-state index in [1.807, 2.05) is 18.2 Å². The topological polar surface area (TPSA) is 0 Å². The SMILES string of the molecule is C(#CC1Cc2ccccc21)c1ccccc1. The molecule has 2 aromatic rings. The number of hydrogen-bond acceptors (Lipinski definition) is 0. The Balaban J connectivity index is 1.83. The van der Waals surface area contributed by atoms with Gasteiger partial charge >= 0.3 is 0 Å². The summed E-state index contributed by atoms with van der Waals surface area (Å²) < 4.78 is 0. The minimum atomic E-state index is 0.441. The molecule has 0 saturated heterocycles. The summed E-state index contributed by atoms with van der Waals surface area (Å²) in [5.74, 6) is 7.02. The molecule has 0 amide bonds. The van der Waals surface area contributed by atoms with E-state index in [0.717, 1.165) is 12.0 Å². The Kier molecular flexibility index (Phi) is 2.23. The first kappa shape index (κ1) is 9.24. The van der Waals surface area contributed by atoms with Gasteiger partial charge in [0.05, 0.1) is 0 Å². The van der Waals surface area contributed by atoms with Crippen molar-refractivity contribution >= 4 is 0 Å². The molecule has 1 aliphatic carbocycles. The minimum absolute atomic E-state index is 0.441. The Morgan fingerprint density at radius 3 is 2.44 bits per heavy atom. The number of fused-ring (bicyclic) bond motifs is 1. The molecule has 2 aromatic carbocycles. The molecule has 0 radical (unpaired) electrons. The van der Waals surface area contributed by atoms with Gasteiger partial charge in [0.25, 0.3) is 0 Å². The fourth-order valence-electron chi connectivity index (χ4n) is 2.08. The highest BCUT2D eigenvalue weighted by Crippen LogP contribution is 2.33. The minimum Gasteiger partial charge on any atom is -0.0893 e. The van der Waals surface area contributed by atoms with Crippen LogP contribution in [0, 0.1) is 11.8 Å². The lowest BCUT2D eigenvalue weighted by Gasteiger charge is -2.25. The highest BCUT2D eigenvalue weighted by Gasteiger charge is 2.22. The molecule has 0 spiro atoms. The van der Waals surface area contributed by atoms with Gasteiger partial charge in [0.2, 0.25) is 0 Å². The van der Waals surface area contributed by atoms with E-state index in [4.69, 9.17) is 0 Å². The molecule has 16 heavy (non-hydrogen) atoms. The van der Waals surface area contributed by atoms with Crippen molar-refractivity contribution in [3.63, 3.8) is 0 Å². The number of hydrogen-bond donors (Lipinski definition) is 0. The molecule has 0 saturated carbocycles. The summed E-state index contributed by atoms with van der Waals surface area (Å²) in [6, 6.07) is 18.7. The third kappa shape index (κ3) is 1.61. The lowest BCUT2D eigenvalue weighted by molar-refractivity contribution is 0.754. The van der Waals surface area contributed by atoms with Gasteiger partial charge in [-0.1, -0.05) is 54.3 Å². The van der Waals surface area contributed by atoms with Crippen LogP contribution in [0.15, 0.2) is 54.6 Å². The van der Waals surface area contributed by atoms with Crippen LogP contribution in [0.3, 0.4) is 0 Å². The molecular formula is C16H12. The van der Waals surface area contributed by atoms with Crippen LogP contribution in [-0.2, 0) is 6.42 Å². The fraction of sp³-hybridized carbons (Fsp3) is 0.125. The molecule has 0 heteroatoms. The van der Waals surface area contributed by atoms with Gasteiger partial charge in [-0.25, -0.2) is 0 Å². The second-order valence-corrected chi connectivity index (χ2v) is 4.09. The molecule has 0 bridgehead atoms. The van der Waals surface area contributed by atoms with Gasteiger partial charge in [-0.2, -0.15) is 0 Å². The summed E-state index contributed by atoms with van der Waals surface area (Å²) in [5.41, 5.74) is 3.97. The lowest BCUT2D eigenvalue weighted by atomic mass is 9.78. The van der Waals surface area contributed by atoms with Crippen molar-refractivity contribution in [3.05, 3.63) is 71.3 Å². The van der Waals surface area contributed by atoms with Gasteiger partial charge in [0.1, 0.15) is 0 Å². The molecule has 0 N–H and O–H groups in total. The van der Waals surface area contributed by atoms with Crippen LogP contribution in [-0.4, -0.2) is 0 Å². The zero-order valence-electron chi connectivity index (χ0n) is 8.98. The Morgan fingerprint density at radius 2 is 1.62 bits per heavy atom. The van der Waals surface area contributed by atoms with Crippen molar-refractivity contribution < 1.29 is 0 Å². The van der Waals surface area contributed by atoms with E-state index < -0.39 is 0 Å². The van der Waals surface area contributed by atoms with Crippen LogP contribution in [0.2, 0.25) is 0 Å². The lowest BCUT2D eigenvalue weighted by Crippen LogP contribution is -2.14. The molecule has 0 nitrogen and oxygen atoms in total. The summed E-state index contributed by atoms with van der Waals surface area (Å²) in [7, 11) is 0. The monoisotopic (exact) mass is 204 g/mol. The summed E-state index contributed by atoms with van der Waals surface area (Å²) in [4.78, 5) is 0. The Labute approximate surface area is 95.9 Å². The molecule has 0 aliphatic heterocycles. The Hall–Kier alpha value is -2.00. The van der Waals surface area contributed by atoms with E-state index in [0.29, 0.717) is 5.92 Å². The van der Waals surface area contributed by atoms with Crippen molar-refractivity contribution in [2.45, 2.75) is 12.3 Å². The van der Waals surface area contributed by atoms with E-state index in [2.05, 4.69) is 48.2 Å². The van der Waals surface area contributed by atoms with Gasteiger partial charge < -0.3 is 0 Å². The van der Waals surface area contributed by atoms with E-state index in [-0.39, 0.29) is 0 Å². The predicted octanol–water partition coefficient (Wildman–Crippen LogP) is 3.38. The molecule has 1 aliphatic rings. The molecule has 3 rings (SSSR count). The first-order chi connectivity index (χ1) is 7.93. The standard InChI is InChI=1S/C16H12/c1-2-6-13(7-3-1)10-11-15-12-14-8-4-5-9-16(14)15/h1-9,15H,12H2. The molecule has 0 fully saturated rings. The average Bonchev–Trinajstić information content (AvgIpc) is 2.32. The summed E-state index contributed by atoms with van der Waals surface area (Å²) in [6.07, 6.45) is 1.11. The van der Waals surface area contributed by atoms with Crippen molar-refractivity contribution in [2.24, 2.45) is 0 Å². The van der Waals surface area contributed by atoms with Crippen LogP contribution in [0.25, 0.3) is 0 Å². The molecule has 1 unspecified atom stereocenters. The highest BCUT2D eigenvalue weighted by atomic mass is 14.2. The van der Waals surface area contributed by atoms with Gasteiger partial charge in [0.15, 0.2) is 0 Å². The zero-order valence-corrected chi connectivity index (χ0v) is 8.98. The predicted molar refractivity (Wildman–Crippen MR) is 66.2 cm³/mol. The van der Waals surface area contributed by atoms with Crippen molar-refractivity contribution in [1.82, 2.24) is 0 Å². The van der Waals surface area contributed by atoms with Crippen LogP contribution in [0.4, 0.5) is 0 Å². The number of benzene rings is 2. The maximum absolute atomic E-state index is 3.34. The van der Waals surface area contributed by atoms with Crippen LogP contribution >= 0.6 is 0 Å². The zero-order chi connectivity index (χ0) is 10.8. The van der Waals surface area contributed by atoms with Crippen molar-refractivity contribution in [3.8, 4) is 11.8 Å². The quantitative estimate of drug-likeness (QED) is 0.577. The van der Waals surface area contributed by atoms with E-state index >= 15 is 0 Å². The Morgan fingerprint density at radius 1 is 0.875 bits per heavy atom. The van der Waals surface area contributed by atoms with Gasteiger partial charge in [0, 0.05) is 11.5 Å². The first-order valence-corrected chi connectivity index (χ1v) is 5.58. The van der Waals surface area contributed by atoms with Gasteiger partial charge in [-0.3, -0.25) is 0 Å². The average molecular weight is 204 g/mol.